The Morgan fingerprint density at radius 2 is 1.69 bits per heavy atom. The van der Waals surface area contributed by atoms with Crippen LogP contribution >= 0.6 is 0 Å². The molecular formula is C29H25N3O4. The molecule has 0 aliphatic carbocycles. The number of ketones is 1. The Balaban J connectivity index is 1.42. The van der Waals surface area contributed by atoms with Crippen LogP contribution in [0.2, 0.25) is 0 Å². The highest BCUT2D eigenvalue weighted by Crippen LogP contribution is 2.41. The molecule has 1 atom stereocenters. The fraction of sp³-hybridized carbons (Fsp3) is 0.207. The van der Waals surface area contributed by atoms with Crippen LogP contribution in [-0.4, -0.2) is 40.3 Å². The molecule has 3 aromatic carbocycles. The lowest BCUT2D eigenvalue weighted by molar-refractivity contribution is -0.132. The van der Waals surface area contributed by atoms with E-state index in [0.29, 0.717) is 36.4 Å². The number of ether oxygens (including phenoxy) is 1. The van der Waals surface area contributed by atoms with Gasteiger partial charge in [-0.3, -0.25) is 14.5 Å². The van der Waals surface area contributed by atoms with Gasteiger partial charge in [0.15, 0.2) is 11.3 Å². The number of aryl methyl sites for hydroxylation is 1. The number of hydrogen-bond donors (Lipinski definition) is 1. The van der Waals surface area contributed by atoms with Crippen LogP contribution in [0.3, 0.4) is 0 Å². The third kappa shape index (κ3) is 3.16. The molecular weight excluding hydrogens is 454 g/mol. The van der Waals surface area contributed by atoms with E-state index in [4.69, 9.17) is 4.74 Å². The number of urea groups is 1. The van der Waals surface area contributed by atoms with Crippen molar-refractivity contribution >= 4 is 28.6 Å². The van der Waals surface area contributed by atoms with Gasteiger partial charge < -0.3 is 14.6 Å². The van der Waals surface area contributed by atoms with Gasteiger partial charge in [0.1, 0.15) is 5.75 Å². The monoisotopic (exact) mass is 479 g/mol. The van der Waals surface area contributed by atoms with Gasteiger partial charge in [-0.05, 0) is 24.6 Å². The molecule has 3 heterocycles. The first kappa shape index (κ1) is 22.1. The van der Waals surface area contributed by atoms with Crippen LogP contribution in [0.5, 0.6) is 5.75 Å². The number of para-hydroxylation sites is 2. The van der Waals surface area contributed by atoms with E-state index in [0.717, 1.165) is 27.1 Å². The van der Waals surface area contributed by atoms with Crippen LogP contribution in [0.4, 0.5) is 4.79 Å². The summed E-state index contributed by atoms with van der Waals surface area (Å²) in [6.07, 6.45) is 0.309. The molecule has 0 unspecified atom stereocenters. The SMILES string of the molecule is CCn1c(-c2ccccc2)c(C(=O)CN2C(=O)N[C@@]3(CCOc4ccccc43)C2=O)c2ccccc21. The highest BCUT2D eigenvalue weighted by Gasteiger charge is 2.55. The number of imide groups is 1. The largest absolute Gasteiger partial charge is 0.493 e. The zero-order valence-corrected chi connectivity index (χ0v) is 19.9. The standard InChI is InChI=1S/C29H25N3O4/c1-2-31-22-14-8-6-12-20(22)25(26(31)19-10-4-3-5-11-19)23(33)18-32-27(34)29(30-28(32)35)16-17-36-24-15-9-7-13-21(24)29/h3-15H,2,16-18H2,1H3,(H,30,35)/t29-/m1/s1. The van der Waals surface area contributed by atoms with Gasteiger partial charge in [0, 0.05) is 29.4 Å². The zero-order valence-electron chi connectivity index (χ0n) is 19.9. The molecule has 0 radical (unpaired) electrons. The highest BCUT2D eigenvalue weighted by molar-refractivity contribution is 6.18. The number of nitrogens with one attached hydrogen (secondary N) is 1. The first-order valence-electron chi connectivity index (χ1n) is 12.1. The molecule has 2 aliphatic rings. The molecule has 36 heavy (non-hydrogen) atoms. The normalized spacial score (nSPS) is 18.9. The third-order valence-electron chi connectivity index (χ3n) is 7.17. The number of rotatable bonds is 5. The van der Waals surface area contributed by atoms with Crippen molar-refractivity contribution < 1.29 is 19.1 Å². The summed E-state index contributed by atoms with van der Waals surface area (Å²) in [5.74, 6) is -0.127. The molecule has 7 heteroatoms. The Morgan fingerprint density at radius 1 is 0.972 bits per heavy atom. The van der Waals surface area contributed by atoms with Gasteiger partial charge in [0.05, 0.1) is 24.4 Å². The topological polar surface area (TPSA) is 80.6 Å². The Morgan fingerprint density at radius 3 is 2.50 bits per heavy atom. The summed E-state index contributed by atoms with van der Waals surface area (Å²) in [5.41, 5.74) is 2.57. The Hall–Kier alpha value is -4.39. The second-order valence-electron chi connectivity index (χ2n) is 9.10. The summed E-state index contributed by atoms with van der Waals surface area (Å²) in [5, 5.41) is 3.69. The second-order valence-corrected chi connectivity index (χ2v) is 9.10. The van der Waals surface area contributed by atoms with Crippen LogP contribution < -0.4 is 10.1 Å². The fourth-order valence-corrected chi connectivity index (χ4v) is 5.55. The van der Waals surface area contributed by atoms with Gasteiger partial charge in [-0.15, -0.1) is 0 Å². The third-order valence-corrected chi connectivity index (χ3v) is 7.17. The van der Waals surface area contributed by atoms with Gasteiger partial charge in [-0.25, -0.2) is 4.79 Å². The van der Waals surface area contributed by atoms with E-state index in [1.165, 1.54) is 0 Å². The van der Waals surface area contributed by atoms with Crippen molar-refractivity contribution in [2.75, 3.05) is 13.2 Å². The predicted molar refractivity (Wildman–Crippen MR) is 136 cm³/mol. The van der Waals surface area contributed by atoms with Crippen LogP contribution in [0.15, 0.2) is 78.9 Å². The summed E-state index contributed by atoms with van der Waals surface area (Å²) < 4.78 is 7.83. The van der Waals surface area contributed by atoms with Crippen molar-refractivity contribution in [1.29, 1.82) is 0 Å². The van der Waals surface area contributed by atoms with Gasteiger partial charge in [0.25, 0.3) is 5.91 Å². The summed E-state index contributed by atoms with van der Waals surface area (Å²) in [6.45, 7) is 2.66. The van der Waals surface area contributed by atoms with Gasteiger partial charge in [-0.2, -0.15) is 0 Å². The maximum Gasteiger partial charge on any atom is 0.325 e. The fourth-order valence-electron chi connectivity index (χ4n) is 5.55. The average molecular weight is 480 g/mol. The van der Waals surface area contributed by atoms with Crippen molar-refractivity contribution in [1.82, 2.24) is 14.8 Å². The molecule has 1 saturated heterocycles. The van der Waals surface area contributed by atoms with Crippen LogP contribution in [0.25, 0.3) is 22.2 Å². The summed E-state index contributed by atoms with van der Waals surface area (Å²) in [6, 6.07) is 24.2. The van der Waals surface area contributed by atoms with Crippen molar-refractivity contribution in [2.24, 2.45) is 0 Å². The quantitative estimate of drug-likeness (QED) is 0.331. The summed E-state index contributed by atoms with van der Waals surface area (Å²) >= 11 is 0. The minimum atomic E-state index is -1.22. The lowest BCUT2D eigenvalue weighted by Gasteiger charge is -2.33. The van der Waals surface area contributed by atoms with E-state index in [1.54, 1.807) is 12.1 Å². The first-order chi connectivity index (χ1) is 17.5. The number of amides is 3. The molecule has 0 bridgehead atoms. The summed E-state index contributed by atoms with van der Waals surface area (Å²) in [4.78, 5) is 41.8. The maximum atomic E-state index is 13.9. The van der Waals surface area contributed by atoms with E-state index in [1.807, 2.05) is 73.7 Å². The van der Waals surface area contributed by atoms with Gasteiger partial charge >= 0.3 is 6.03 Å². The number of carbonyl (C=O) groups excluding carboxylic acids is 3. The lowest BCUT2D eigenvalue weighted by Crippen LogP contribution is -2.47. The average Bonchev–Trinajstić information content (AvgIpc) is 3.37. The molecule has 0 saturated carbocycles. The Labute approximate surface area is 208 Å². The number of hydrogen-bond acceptors (Lipinski definition) is 4. The van der Waals surface area contributed by atoms with Crippen LogP contribution in [0.1, 0.15) is 29.3 Å². The maximum absolute atomic E-state index is 13.9. The van der Waals surface area contributed by atoms with Crippen molar-refractivity contribution in [3.8, 4) is 17.0 Å². The highest BCUT2D eigenvalue weighted by atomic mass is 16.5. The molecule has 4 aromatic rings. The predicted octanol–water partition coefficient (Wildman–Crippen LogP) is 4.74. The number of nitrogens with zero attached hydrogens (tertiary/aromatic N) is 2. The van der Waals surface area contributed by atoms with Crippen molar-refractivity contribution in [3.63, 3.8) is 0 Å². The molecule has 180 valence electrons. The smallest absolute Gasteiger partial charge is 0.325 e. The molecule has 1 aromatic heterocycles. The molecule has 2 aliphatic heterocycles. The van der Waals surface area contributed by atoms with E-state index in [2.05, 4.69) is 9.88 Å². The zero-order chi connectivity index (χ0) is 24.9. The van der Waals surface area contributed by atoms with E-state index in [-0.39, 0.29) is 12.3 Å². The van der Waals surface area contributed by atoms with E-state index >= 15 is 0 Å². The lowest BCUT2D eigenvalue weighted by atomic mass is 9.84. The minimum Gasteiger partial charge on any atom is -0.493 e. The number of carbonyl (C=O) groups is 3. The molecule has 7 nitrogen and oxygen atoms in total. The Bertz CT molecular complexity index is 1520. The van der Waals surface area contributed by atoms with Crippen LogP contribution in [0, 0.1) is 0 Å². The van der Waals surface area contributed by atoms with Crippen LogP contribution in [-0.2, 0) is 16.9 Å². The van der Waals surface area contributed by atoms with Gasteiger partial charge in [-0.1, -0.05) is 66.7 Å². The number of aromatic nitrogens is 1. The van der Waals surface area contributed by atoms with E-state index < -0.39 is 17.5 Å². The summed E-state index contributed by atoms with van der Waals surface area (Å²) in [7, 11) is 0. The molecule has 6 rings (SSSR count). The molecule has 1 spiro atoms. The second kappa shape index (κ2) is 8.37. The molecule has 1 fully saturated rings. The Kier molecular flexibility index (Phi) is 5.14. The van der Waals surface area contributed by atoms with Gasteiger partial charge in [0.2, 0.25) is 0 Å². The number of benzene rings is 3. The minimum absolute atomic E-state index is 0.279. The number of Topliss-reactive ketones (excluding diaryl/α,β-unsaturated/α-hetero) is 1. The molecule has 1 N–H and O–H groups in total. The number of fused-ring (bicyclic) bond motifs is 3. The first-order valence-corrected chi connectivity index (χ1v) is 12.1. The molecule has 3 amide bonds. The van der Waals surface area contributed by atoms with Crippen molar-refractivity contribution in [2.45, 2.75) is 25.4 Å². The van der Waals surface area contributed by atoms with Crippen molar-refractivity contribution in [3.05, 3.63) is 90.0 Å². The van der Waals surface area contributed by atoms with E-state index in [9.17, 15) is 14.4 Å².